The zero-order chi connectivity index (χ0) is 10.3. The molecule has 1 saturated carbocycles. The molecule has 1 heterocycles. The Balaban J connectivity index is 2.27. The molecule has 0 bridgehead atoms. The highest BCUT2D eigenvalue weighted by molar-refractivity contribution is 6.20. The predicted molar refractivity (Wildman–Crippen MR) is 58.7 cm³/mol. The van der Waals surface area contributed by atoms with Gasteiger partial charge in [0.05, 0.1) is 11.1 Å². The molecule has 0 radical (unpaired) electrons. The maximum absolute atomic E-state index is 6.13. The van der Waals surface area contributed by atoms with Crippen LogP contribution < -0.4 is 0 Å². The van der Waals surface area contributed by atoms with E-state index in [-0.39, 0.29) is 5.38 Å². The molecule has 1 aliphatic carbocycles. The maximum atomic E-state index is 6.13. The summed E-state index contributed by atoms with van der Waals surface area (Å²) in [4.78, 5) is 0. The van der Waals surface area contributed by atoms with Gasteiger partial charge in [0.15, 0.2) is 0 Å². The zero-order valence-corrected chi connectivity index (χ0v) is 9.80. The first kappa shape index (κ1) is 10.0. The Morgan fingerprint density at radius 3 is 2.57 bits per heavy atom. The number of aryl methyl sites for hydroxylation is 1. The van der Waals surface area contributed by atoms with Gasteiger partial charge in [-0.25, -0.2) is 0 Å². The van der Waals surface area contributed by atoms with Crippen LogP contribution in [-0.4, -0.2) is 9.78 Å². The zero-order valence-electron chi connectivity index (χ0n) is 9.05. The highest BCUT2D eigenvalue weighted by Crippen LogP contribution is 2.32. The van der Waals surface area contributed by atoms with Crippen LogP contribution in [0.15, 0.2) is 0 Å². The van der Waals surface area contributed by atoms with Gasteiger partial charge in [-0.05, 0) is 39.5 Å². The second-order valence-corrected chi connectivity index (χ2v) is 4.98. The quantitative estimate of drug-likeness (QED) is 0.704. The van der Waals surface area contributed by atoms with Crippen molar-refractivity contribution in [3.05, 3.63) is 17.0 Å². The smallest absolute Gasteiger partial charge is 0.0643 e. The van der Waals surface area contributed by atoms with Crippen LogP contribution in [-0.2, 0) is 6.54 Å². The van der Waals surface area contributed by atoms with Crippen LogP contribution in [0, 0.1) is 19.8 Å². The topological polar surface area (TPSA) is 17.8 Å². The lowest BCUT2D eigenvalue weighted by Gasteiger charge is -2.05. The van der Waals surface area contributed by atoms with Crippen LogP contribution in [0.4, 0.5) is 0 Å². The SMILES string of the molecule is Cc1nn(CC2CC2)c(C)c1C(C)Cl. The van der Waals surface area contributed by atoms with E-state index in [0.29, 0.717) is 0 Å². The minimum Gasteiger partial charge on any atom is -0.269 e. The van der Waals surface area contributed by atoms with E-state index in [4.69, 9.17) is 11.6 Å². The summed E-state index contributed by atoms with van der Waals surface area (Å²) in [5.74, 6) is 0.867. The minimum atomic E-state index is 0.0722. The van der Waals surface area contributed by atoms with Gasteiger partial charge in [-0.2, -0.15) is 5.10 Å². The summed E-state index contributed by atoms with van der Waals surface area (Å²) in [5.41, 5.74) is 3.55. The van der Waals surface area contributed by atoms with Crippen LogP contribution in [0.25, 0.3) is 0 Å². The molecule has 3 heteroatoms. The molecule has 0 spiro atoms. The molecule has 2 nitrogen and oxygen atoms in total. The Morgan fingerprint density at radius 2 is 2.14 bits per heavy atom. The first-order valence-electron chi connectivity index (χ1n) is 5.27. The monoisotopic (exact) mass is 212 g/mol. The summed E-state index contributed by atoms with van der Waals surface area (Å²) in [6, 6.07) is 0. The number of rotatable bonds is 3. The van der Waals surface area contributed by atoms with Gasteiger partial charge in [0.1, 0.15) is 0 Å². The standard InChI is InChI=1S/C11H17ClN2/c1-7(12)11-8(2)13-14(9(11)3)6-10-4-5-10/h7,10H,4-6H2,1-3H3. The second kappa shape index (κ2) is 3.58. The van der Waals surface area contributed by atoms with Crippen molar-refractivity contribution in [1.82, 2.24) is 9.78 Å². The number of hydrogen-bond acceptors (Lipinski definition) is 1. The minimum absolute atomic E-state index is 0.0722. The first-order valence-corrected chi connectivity index (χ1v) is 5.71. The van der Waals surface area contributed by atoms with Gasteiger partial charge in [-0.15, -0.1) is 11.6 Å². The fourth-order valence-corrected chi connectivity index (χ4v) is 2.33. The Bertz CT molecular complexity index is 337. The van der Waals surface area contributed by atoms with Crippen molar-refractivity contribution in [2.45, 2.75) is 45.5 Å². The van der Waals surface area contributed by atoms with Gasteiger partial charge in [0.25, 0.3) is 0 Å². The maximum Gasteiger partial charge on any atom is 0.0643 e. The Morgan fingerprint density at radius 1 is 1.50 bits per heavy atom. The molecule has 14 heavy (non-hydrogen) atoms. The lowest BCUT2D eigenvalue weighted by atomic mass is 10.1. The number of aromatic nitrogens is 2. The highest BCUT2D eigenvalue weighted by Gasteiger charge is 2.24. The summed E-state index contributed by atoms with van der Waals surface area (Å²) in [5, 5.41) is 4.62. The largest absolute Gasteiger partial charge is 0.269 e. The second-order valence-electron chi connectivity index (χ2n) is 4.33. The highest BCUT2D eigenvalue weighted by atomic mass is 35.5. The van der Waals surface area contributed by atoms with E-state index in [2.05, 4.69) is 16.7 Å². The average Bonchev–Trinajstić information content (AvgIpc) is 2.81. The summed E-state index contributed by atoms with van der Waals surface area (Å²) in [7, 11) is 0. The van der Waals surface area contributed by atoms with E-state index in [0.717, 1.165) is 18.2 Å². The Hall–Kier alpha value is -0.500. The van der Waals surface area contributed by atoms with Crippen molar-refractivity contribution in [2.24, 2.45) is 5.92 Å². The molecule has 0 saturated heterocycles. The van der Waals surface area contributed by atoms with Gasteiger partial charge in [-0.3, -0.25) is 4.68 Å². The molecule has 0 aliphatic heterocycles. The van der Waals surface area contributed by atoms with Gasteiger partial charge in [-0.1, -0.05) is 0 Å². The number of nitrogens with zero attached hydrogens (tertiary/aromatic N) is 2. The number of halogens is 1. The molecular weight excluding hydrogens is 196 g/mol. The van der Waals surface area contributed by atoms with Crippen LogP contribution in [0.3, 0.4) is 0 Å². The molecule has 2 rings (SSSR count). The molecular formula is C11H17ClN2. The molecule has 0 amide bonds. The molecule has 78 valence electrons. The Labute approximate surface area is 90.3 Å². The summed E-state index contributed by atoms with van der Waals surface area (Å²) in [6.45, 7) is 7.26. The van der Waals surface area contributed by atoms with E-state index >= 15 is 0 Å². The molecule has 1 aromatic rings. The average molecular weight is 213 g/mol. The van der Waals surface area contributed by atoms with Crippen molar-refractivity contribution in [2.75, 3.05) is 0 Å². The van der Waals surface area contributed by atoms with Gasteiger partial charge in [0.2, 0.25) is 0 Å². The third-order valence-corrected chi connectivity index (χ3v) is 3.18. The molecule has 1 atom stereocenters. The third-order valence-electron chi connectivity index (χ3n) is 2.96. The van der Waals surface area contributed by atoms with Crippen molar-refractivity contribution >= 4 is 11.6 Å². The van der Waals surface area contributed by atoms with Gasteiger partial charge < -0.3 is 0 Å². The lowest BCUT2D eigenvalue weighted by molar-refractivity contribution is 0.546. The van der Waals surface area contributed by atoms with E-state index < -0.39 is 0 Å². The molecule has 1 aromatic heterocycles. The van der Waals surface area contributed by atoms with E-state index in [1.807, 2.05) is 13.8 Å². The van der Waals surface area contributed by atoms with E-state index in [9.17, 15) is 0 Å². The molecule has 1 fully saturated rings. The lowest BCUT2D eigenvalue weighted by Crippen LogP contribution is -2.04. The molecule has 1 aliphatic rings. The third kappa shape index (κ3) is 1.81. The Kier molecular flexibility index (Phi) is 2.56. The van der Waals surface area contributed by atoms with Crippen LogP contribution in [0.5, 0.6) is 0 Å². The van der Waals surface area contributed by atoms with E-state index in [1.54, 1.807) is 0 Å². The van der Waals surface area contributed by atoms with Crippen molar-refractivity contribution in [3.8, 4) is 0 Å². The van der Waals surface area contributed by atoms with Gasteiger partial charge in [0, 0.05) is 17.8 Å². The fraction of sp³-hybridized carbons (Fsp3) is 0.727. The van der Waals surface area contributed by atoms with Crippen molar-refractivity contribution in [1.29, 1.82) is 0 Å². The van der Waals surface area contributed by atoms with Crippen molar-refractivity contribution in [3.63, 3.8) is 0 Å². The van der Waals surface area contributed by atoms with E-state index in [1.165, 1.54) is 24.1 Å². The van der Waals surface area contributed by atoms with Crippen LogP contribution in [0.2, 0.25) is 0 Å². The summed E-state index contributed by atoms with van der Waals surface area (Å²) in [6.07, 6.45) is 2.73. The summed E-state index contributed by atoms with van der Waals surface area (Å²) < 4.78 is 2.13. The number of hydrogen-bond donors (Lipinski definition) is 0. The van der Waals surface area contributed by atoms with Crippen molar-refractivity contribution < 1.29 is 0 Å². The summed E-state index contributed by atoms with van der Waals surface area (Å²) >= 11 is 6.13. The predicted octanol–water partition coefficient (Wildman–Crippen LogP) is 3.21. The first-order chi connectivity index (χ1) is 6.59. The molecule has 0 aromatic carbocycles. The molecule has 1 unspecified atom stereocenters. The number of alkyl halides is 1. The van der Waals surface area contributed by atoms with Crippen LogP contribution in [0.1, 0.15) is 42.1 Å². The fourth-order valence-electron chi connectivity index (χ4n) is 2.01. The normalized spacial score (nSPS) is 18.6. The van der Waals surface area contributed by atoms with Crippen LogP contribution >= 0.6 is 11.6 Å². The van der Waals surface area contributed by atoms with Gasteiger partial charge >= 0.3 is 0 Å². The molecule has 0 N–H and O–H groups in total.